The quantitative estimate of drug-likeness (QED) is 0.771. The SMILES string of the molecule is CC(=O)c1ccc(OCCC(=O)N(C)C)c(Cl)c1. The molecular weight excluding hydrogens is 254 g/mol. The number of halogens is 1. The van der Waals surface area contributed by atoms with Gasteiger partial charge in [0.2, 0.25) is 5.91 Å². The Kier molecular flexibility index (Phi) is 5.16. The molecule has 0 saturated heterocycles. The topological polar surface area (TPSA) is 46.6 Å². The van der Waals surface area contributed by atoms with Gasteiger partial charge in [0.1, 0.15) is 5.75 Å². The number of carbonyl (C=O) groups is 2. The van der Waals surface area contributed by atoms with Gasteiger partial charge in [0.15, 0.2) is 5.78 Å². The minimum Gasteiger partial charge on any atom is -0.491 e. The highest BCUT2D eigenvalue weighted by atomic mass is 35.5. The van der Waals surface area contributed by atoms with E-state index in [0.717, 1.165) is 0 Å². The first-order valence-corrected chi connectivity index (χ1v) is 5.93. The molecular formula is C13H16ClNO3. The van der Waals surface area contributed by atoms with Crippen molar-refractivity contribution in [3.05, 3.63) is 28.8 Å². The number of ether oxygens (including phenoxy) is 1. The second kappa shape index (κ2) is 6.40. The molecule has 5 heteroatoms. The molecule has 0 spiro atoms. The van der Waals surface area contributed by atoms with Gasteiger partial charge >= 0.3 is 0 Å². The number of amides is 1. The van der Waals surface area contributed by atoms with Crippen LogP contribution in [0.2, 0.25) is 5.02 Å². The van der Waals surface area contributed by atoms with Gasteiger partial charge in [0.05, 0.1) is 18.1 Å². The number of rotatable bonds is 5. The van der Waals surface area contributed by atoms with E-state index in [-0.39, 0.29) is 24.7 Å². The lowest BCUT2D eigenvalue weighted by Gasteiger charge is -2.11. The normalized spacial score (nSPS) is 10.0. The molecule has 0 bridgehead atoms. The van der Waals surface area contributed by atoms with Gasteiger partial charge in [-0.3, -0.25) is 9.59 Å². The van der Waals surface area contributed by atoms with Gasteiger partial charge in [0.25, 0.3) is 0 Å². The lowest BCUT2D eigenvalue weighted by molar-refractivity contribution is -0.129. The van der Waals surface area contributed by atoms with Gasteiger partial charge in [-0.25, -0.2) is 0 Å². The first kappa shape index (κ1) is 14.5. The summed E-state index contributed by atoms with van der Waals surface area (Å²) >= 11 is 5.98. The van der Waals surface area contributed by atoms with Gasteiger partial charge < -0.3 is 9.64 Å². The van der Waals surface area contributed by atoms with Crippen LogP contribution in [0.5, 0.6) is 5.75 Å². The number of nitrogens with zero attached hydrogens (tertiary/aromatic N) is 1. The second-order valence-corrected chi connectivity index (χ2v) is 4.50. The van der Waals surface area contributed by atoms with Gasteiger partial charge in [-0.05, 0) is 25.1 Å². The predicted molar refractivity (Wildman–Crippen MR) is 70.3 cm³/mol. The third-order valence-electron chi connectivity index (χ3n) is 2.41. The summed E-state index contributed by atoms with van der Waals surface area (Å²) in [5.74, 6) is 0.422. The molecule has 0 aliphatic rings. The molecule has 1 amide bonds. The summed E-state index contributed by atoms with van der Waals surface area (Å²) in [6.07, 6.45) is 0.289. The van der Waals surface area contributed by atoms with Crippen molar-refractivity contribution >= 4 is 23.3 Å². The third kappa shape index (κ3) is 4.04. The Bertz CT molecular complexity index is 458. The average Bonchev–Trinajstić information content (AvgIpc) is 2.30. The molecule has 4 nitrogen and oxygen atoms in total. The average molecular weight is 270 g/mol. The van der Waals surface area contributed by atoms with E-state index >= 15 is 0 Å². The predicted octanol–water partition coefficient (Wildman–Crippen LogP) is 2.40. The minimum atomic E-state index is -0.0498. The Balaban J connectivity index is 2.58. The number of hydrogen-bond donors (Lipinski definition) is 0. The molecule has 0 aliphatic carbocycles. The first-order valence-electron chi connectivity index (χ1n) is 5.55. The van der Waals surface area contributed by atoms with Crippen molar-refractivity contribution in [2.45, 2.75) is 13.3 Å². The smallest absolute Gasteiger partial charge is 0.225 e. The molecule has 0 saturated carbocycles. The number of hydrogen-bond acceptors (Lipinski definition) is 3. The molecule has 18 heavy (non-hydrogen) atoms. The summed E-state index contributed by atoms with van der Waals surface area (Å²) in [5, 5.41) is 0.375. The van der Waals surface area contributed by atoms with Crippen molar-refractivity contribution in [3.8, 4) is 5.75 Å². The van der Waals surface area contributed by atoms with Crippen molar-refractivity contribution < 1.29 is 14.3 Å². The van der Waals surface area contributed by atoms with Crippen LogP contribution in [0.25, 0.3) is 0 Å². The van der Waals surface area contributed by atoms with Crippen LogP contribution in [0, 0.1) is 0 Å². The summed E-state index contributed by atoms with van der Waals surface area (Å²) in [5.41, 5.74) is 0.539. The zero-order valence-corrected chi connectivity index (χ0v) is 11.5. The molecule has 0 heterocycles. The lowest BCUT2D eigenvalue weighted by Crippen LogP contribution is -2.23. The Labute approximate surface area is 111 Å². The van der Waals surface area contributed by atoms with Gasteiger partial charge in [-0.15, -0.1) is 0 Å². The van der Waals surface area contributed by atoms with E-state index in [2.05, 4.69) is 0 Å². The molecule has 0 radical (unpaired) electrons. The summed E-state index contributed by atoms with van der Waals surface area (Å²) in [7, 11) is 3.38. The Morgan fingerprint density at radius 3 is 2.50 bits per heavy atom. The molecule has 0 unspecified atom stereocenters. The first-order chi connectivity index (χ1) is 8.41. The fraction of sp³-hybridized carbons (Fsp3) is 0.385. The number of ketones is 1. The summed E-state index contributed by atoms with van der Waals surface area (Å²) in [6.45, 7) is 1.73. The van der Waals surface area contributed by atoms with Crippen molar-refractivity contribution in [3.63, 3.8) is 0 Å². The zero-order valence-electron chi connectivity index (χ0n) is 10.7. The summed E-state index contributed by atoms with van der Waals surface area (Å²) in [6, 6.07) is 4.85. The number of Topliss-reactive ketones (excluding diaryl/α,β-unsaturated/α-hetero) is 1. The zero-order chi connectivity index (χ0) is 13.7. The van der Waals surface area contributed by atoms with E-state index in [0.29, 0.717) is 16.3 Å². The van der Waals surface area contributed by atoms with Crippen LogP contribution in [0.3, 0.4) is 0 Å². The highest BCUT2D eigenvalue weighted by molar-refractivity contribution is 6.32. The number of benzene rings is 1. The molecule has 0 atom stereocenters. The highest BCUT2D eigenvalue weighted by Gasteiger charge is 2.08. The molecule has 1 aromatic rings. The van der Waals surface area contributed by atoms with Crippen LogP contribution in [0.1, 0.15) is 23.7 Å². The molecule has 0 aliphatic heterocycles. The third-order valence-corrected chi connectivity index (χ3v) is 2.71. The van der Waals surface area contributed by atoms with E-state index < -0.39 is 0 Å². The second-order valence-electron chi connectivity index (χ2n) is 4.09. The van der Waals surface area contributed by atoms with E-state index in [4.69, 9.17) is 16.3 Å². The lowest BCUT2D eigenvalue weighted by atomic mass is 10.1. The fourth-order valence-corrected chi connectivity index (χ4v) is 1.54. The Morgan fingerprint density at radius 1 is 1.33 bits per heavy atom. The van der Waals surface area contributed by atoms with Gasteiger partial charge in [-0.1, -0.05) is 11.6 Å². The maximum Gasteiger partial charge on any atom is 0.225 e. The molecule has 1 aromatic carbocycles. The molecule has 0 N–H and O–H groups in total. The summed E-state index contributed by atoms with van der Waals surface area (Å²) in [4.78, 5) is 24.0. The highest BCUT2D eigenvalue weighted by Crippen LogP contribution is 2.25. The molecule has 0 fully saturated rings. The molecule has 1 rings (SSSR count). The van der Waals surface area contributed by atoms with Crippen LogP contribution in [0.15, 0.2) is 18.2 Å². The van der Waals surface area contributed by atoms with Crippen LogP contribution >= 0.6 is 11.6 Å². The van der Waals surface area contributed by atoms with Crippen LogP contribution < -0.4 is 4.74 Å². The van der Waals surface area contributed by atoms with Crippen LogP contribution in [0.4, 0.5) is 0 Å². The summed E-state index contributed by atoms with van der Waals surface area (Å²) < 4.78 is 5.40. The van der Waals surface area contributed by atoms with E-state index in [1.807, 2.05) is 0 Å². The fourth-order valence-electron chi connectivity index (χ4n) is 1.31. The molecule has 98 valence electrons. The van der Waals surface area contributed by atoms with E-state index in [9.17, 15) is 9.59 Å². The van der Waals surface area contributed by atoms with Gasteiger partial charge in [0, 0.05) is 19.7 Å². The van der Waals surface area contributed by atoms with Crippen molar-refractivity contribution in [1.82, 2.24) is 4.90 Å². The van der Waals surface area contributed by atoms with Gasteiger partial charge in [-0.2, -0.15) is 0 Å². The van der Waals surface area contributed by atoms with Crippen molar-refractivity contribution in [2.75, 3.05) is 20.7 Å². The van der Waals surface area contributed by atoms with Crippen LogP contribution in [-0.2, 0) is 4.79 Å². The maximum absolute atomic E-state index is 11.3. The van der Waals surface area contributed by atoms with Crippen LogP contribution in [-0.4, -0.2) is 37.3 Å². The standard InChI is InChI=1S/C13H16ClNO3/c1-9(16)10-4-5-12(11(14)8-10)18-7-6-13(17)15(2)3/h4-5,8H,6-7H2,1-3H3. The van der Waals surface area contributed by atoms with E-state index in [1.54, 1.807) is 32.3 Å². The largest absolute Gasteiger partial charge is 0.491 e. The molecule has 0 aromatic heterocycles. The number of carbonyl (C=O) groups excluding carboxylic acids is 2. The monoisotopic (exact) mass is 269 g/mol. The minimum absolute atomic E-state index is 0.00789. The van der Waals surface area contributed by atoms with E-state index in [1.165, 1.54) is 11.8 Å². The van der Waals surface area contributed by atoms with Crippen molar-refractivity contribution in [1.29, 1.82) is 0 Å². The maximum atomic E-state index is 11.3. The Hall–Kier alpha value is -1.55. The van der Waals surface area contributed by atoms with Crippen molar-refractivity contribution in [2.24, 2.45) is 0 Å². The Morgan fingerprint density at radius 2 is 2.00 bits per heavy atom.